The Morgan fingerprint density at radius 2 is 1.44 bits per heavy atom. The van der Waals surface area contributed by atoms with Crippen molar-refractivity contribution in [2.24, 2.45) is 0 Å². The van der Waals surface area contributed by atoms with Gasteiger partial charge in [0.05, 0.1) is 17.1 Å². The molecule has 3 nitrogen and oxygen atoms in total. The highest BCUT2D eigenvalue weighted by Gasteiger charge is 2.34. The summed E-state index contributed by atoms with van der Waals surface area (Å²) in [6.07, 6.45) is 7.60. The van der Waals surface area contributed by atoms with Crippen LogP contribution < -0.4 is 15.9 Å². The van der Waals surface area contributed by atoms with Gasteiger partial charge in [0.15, 0.2) is 7.14 Å². The second-order valence-corrected chi connectivity index (χ2v) is 13.0. The smallest absolute Gasteiger partial charge is 0.171 e. The Kier molecular flexibility index (Phi) is 4.92. The predicted molar refractivity (Wildman–Crippen MR) is 163 cm³/mol. The highest BCUT2D eigenvalue weighted by Crippen LogP contribution is 2.50. The summed E-state index contributed by atoms with van der Waals surface area (Å²) in [7, 11) is -3.11. The maximum absolute atomic E-state index is 15.2. The molecular weight excluding hydrogens is 495 g/mol. The van der Waals surface area contributed by atoms with Crippen LogP contribution in [0.2, 0.25) is 0 Å². The Hall–Kier alpha value is -4.46. The van der Waals surface area contributed by atoms with E-state index in [0.29, 0.717) is 0 Å². The standard InChI is InChI=1S/C35H25N2OP/c38-39(25-11-3-1-4-12-25,26-13-5-2-6-14-26)27-21-19-24-20-22-29-28-15-7-9-17-32(28)37-33-18-10-8-16-31(33)36-35(37)34(29)30(24)23-27/h1-16,18-23,32H,17H2. The van der Waals surface area contributed by atoms with E-state index in [9.17, 15) is 0 Å². The van der Waals surface area contributed by atoms with Gasteiger partial charge in [-0.3, -0.25) is 0 Å². The van der Waals surface area contributed by atoms with Crippen LogP contribution in [0.5, 0.6) is 0 Å². The first-order chi connectivity index (χ1) is 19.2. The lowest BCUT2D eigenvalue weighted by Crippen LogP contribution is -2.25. The molecule has 4 heteroatoms. The fourth-order valence-corrected chi connectivity index (χ4v) is 9.05. The van der Waals surface area contributed by atoms with Crippen molar-refractivity contribution in [1.29, 1.82) is 0 Å². The van der Waals surface area contributed by atoms with Crippen molar-refractivity contribution in [1.82, 2.24) is 9.55 Å². The van der Waals surface area contributed by atoms with Gasteiger partial charge in [-0.1, -0.05) is 115 Å². The molecule has 2 heterocycles. The molecule has 2 aliphatic rings. The van der Waals surface area contributed by atoms with Crippen LogP contribution in [-0.2, 0) is 4.57 Å². The van der Waals surface area contributed by atoms with Crippen LogP contribution in [0.1, 0.15) is 18.0 Å². The Morgan fingerprint density at radius 3 is 2.21 bits per heavy atom. The average Bonchev–Trinajstić information content (AvgIpc) is 3.41. The zero-order chi connectivity index (χ0) is 26.0. The molecule has 6 aromatic rings. The highest BCUT2D eigenvalue weighted by atomic mass is 31.2. The predicted octanol–water partition coefficient (Wildman–Crippen LogP) is 7.39. The van der Waals surface area contributed by atoms with Gasteiger partial charge in [-0.25, -0.2) is 4.98 Å². The van der Waals surface area contributed by atoms with Crippen LogP contribution in [-0.4, -0.2) is 9.55 Å². The largest absolute Gasteiger partial charge is 0.316 e. The molecule has 186 valence electrons. The molecule has 1 aromatic heterocycles. The third-order valence-electron chi connectivity index (χ3n) is 8.18. The minimum absolute atomic E-state index is 0.213. The lowest BCUT2D eigenvalue weighted by molar-refractivity contribution is 0.592. The number of para-hydroxylation sites is 2. The Bertz CT molecular complexity index is 1980. The van der Waals surface area contributed by atoms with Crippen molar-refractivity contribution in [3.63, 3.8) is 0 Å². The van der Waals surface area contributed by atoms with Crippen molar-refractivity contribution in [2.75, 3.05) is 0 Å². The normalized spacial score (nSPS) is 16.0. The van der Waals surface area contributed by atoms with E-state index in [0.717, 1.165) is 55.5 Å². The zero-order valence-corrected chi connectivity index (χ0v) is 22.1. The first kappa shape index (κ1) is 22.5. The van der Waals surface area contributed by atoms with Crippen LogP contribution in [0.3, 0.4) is 0 Å². The first-order valence-electron chi connectivity index (χ1n) is 13.4. The molecule has 1 aliphatic heterocycles. The highest BCUT2D eigenvalue weighted by molar-refractivity contribution is 7.85. The summed E-state index contributed by atoms with van der Waals surface area (Å²) in [6, 6.07) is 39.2. The van der Waals surface area contributed by atoms with Crippen molar-refractivity contribution < 1.29 is 4.57 Å². The second-order valence-electron chi connectivity index (χ2n) is 10.3. The number of imidazole rings is 1. The molecule has 39 heavy (non-hydrogen) atoms. The summed E-state index contributed by atoms with van der Waals surface area (Å²) in [5.74, 6) is 0.987. The van der Waals surface area contributed by atoms with Crippen LogP contribution in [0.15, 0.2) is 133 Å². The van der Waals surface area contributed by atoms with Gasteiger partial charge in [0.2, 0.25) is 0 Å². The molecule has 0 spiro atoms. The van der Waals surface area contributed by atoms with Crippen molar-refractivity contribution in [2.45, 2.75) is 12.5 Å². The third-order valence-corrected chi connectivity index (χ3v) is 11.2. The number of hydrogen-bond donors (Lipinski definition) is 0. The van der Waals surface area contributed by atoms with Crippen LogP contribution in [0.25, 0.3) is 38.8 Å². The molecular formula is C35H25N2OP. The van der Waals surface area contributed by atoms with Gasteiger partial charge in [-0.2, -0.15) is 0 Å². The molecule has 0 bridgehead atoms. The minimum atomic E-state index is -3.11. The molecule has 0 N–H and O–H groups in total. The number of allylic oxidation sites excluding steroid dienone is 4. The molecule has 0 amide bonds. The second kappa shape index (κ2) is 8.53. The Labute approximate surface area is 227 Å². The molecule has 0 radical (unpaired) electrons. The van der Waals surface area contributed by atoms with E-state index >= 15 is 4.57 Å². The quantitative estimate of drug-likeness (QED) is 0.228. The van der Waals surface area contributed by atoms with Crippen LogP contribution >= 0.6 is 7.14 Å². The van der Waals surface area contributed by atoms with Gasteiger partial charge in [0.25, 0.3) is 0 Å². The van der Waals surface area contributed by atoms with E-state index in [1.54, 1.807) is 0 Å². The number of nitrogens with zero attached hydrogens (tertiary/aromatic N) is 2. The fourth-order valence-electron chi connectivity index (χ4n) is 6.38. The lowest BCUT2D eigenvalue weighted by Gasteiger charge is -2.32. The molecule has 1 atom stereocenters. The van der Waals surface area contributed by atoms with Gasteiger partial charge in [-0.05, 0) is 46.5 Å². The minimum Gasteiger partial charge on any atom is -0.316 e. The molecule has 0 saturated heterocycles. The summed E-state index contributed by atoms with van der Waals surface area (Å²) in [5.41, 5.74) is 5.80. The maximum atomic E-state index is 15.2. The van der Waals surface area contributed by atoms with E-state index in [1.807, 2.05) is 66.7 Å². The SMILES string of the molecule is O=P(c1ccccc1)(c1ccccc1)c1ccc2ccc3c(c2c1)-c1nc2ccccc2n1C1CC=CC=C31. The number of aromatic nitrogens is 2. The molecule has 1 aliphatic carbocycles. The maximum Gasteiger partial charge on any atom is 0.171 e. The van der Waals surface area contributed by atoms with Crippen LogP contribution in [0, 0.1) is 0 Å². The number of fused-ring (bicyclic) bond motifs is 10. The van der Waals surface area contributed by atoms with E-state index in [-0.39, 0.29) is 6.04 Å². The molecule has 0 fully saturated rings. The van der Waals surface area contributed by atoms with Crippen molar-refractivity contribution in [3.8, 4) is 11.4 Å². The molecule has 8 rings (SSSR count). The van der Waals surface area contributed by atoms with E-state index in [1.165, 1.54) is 11.1 Å². The average molecular weight is 521 g/mol. The number of rotatable bonds is 3. The topological polar surface area (TPSA) is 34.9 Å². The summed E-state index contributed by atoms with van der Waals surface area (Å²) in [6.45, 7) is 0. The van der Waals surface area contributed by atoms with Crippen LogP contribution in [0.4, 0.5) is 0 Å². The van der Waals surface area contributed by atoms with Gasteiger partial charge >= 0.3 is 0 Å². The van der Waals surface area contributed by atoms with Crippen molar-refractivity contribution in [3.05, 3.63) is 139 Å². The Balaban J connectivity index is 1.46. The van der Waals surface area contributed by atoms with Gasteiger partial charge in [0, 0.05) is 21.5 Å². The Morgan fingerprint density at radius 1 is 0.744 bits per heavy atom. The zero-order valence-electron chi connectivity index (χ0n) is 21.2. The van der Waals surface area contributed by atoms with Gasteiger partial charge in [0.1, 0.15) is 5.82 Å². The molecule has 1 unspecified atom stereocenters. The fraction of sp³-hybridized carbons (Fsp3) is 0.0571. The van der Waals surface area contributed by atoms with E-state index < -0.39 is 7.14 Å². The monoisotopic (exact) mass is 520 g/mol. The van der Waals surface area contributed by atoms with Gasteiger partial charge in [-0.15, -0.1) is 0 Å². The summed E-state index contributed by atoms with van der Waals surface area (Å²) >= 11 is 0. The molecule has 5 aromatic carbocycles. The summed E-state index contributed by atoms with van der Waals surface area (Å²) in [5, 5.41) is 4.72. The number of hydrogen-bond acceptors (Lipinski definition) is 2. The third kappa shape index (κ3) is 3.24. The summed E-state index contributed by atoms with van der Waals surface area (Å²) in [4.78, 5) is 5.19. The molecule has 0 saturated carbocycles. The number of benzene rings is 5. The van der Waals surface area contributed by atoms with E-state index in [4.69, 9.17) is 4.98 Å². The van der Waals surface area contributed by atoms with E-state index in [2.05, 4.69) is 71.3 Å². The lowest BCUT2D eigenvalue weighted by atomic mass is 9.84. The van der Waals surface area contributed by atoms with Gasteiger partial charge < -0.3 is 9.13 Å². The van der Waals surface area contributed by atoms with Crippen molar-refractivity contribution >= 4 is 50.4 Å². The first-order valence-corrected chi connectivity index (χ1v) is 15.1. The summed E-state index contributed by atoms with van der Waals surface area (Å²) < 4.78 is 17.6.